The van der Waals surface area contributed by atoms with E-state index in [9.17, 15) is 9.59 Å². The van der Waals surface area contributed by atoms with E-state index >= 15 is 0 Å². The first kappa shape index (κ1) is 16.4. The van der Waals surface area contributed by atoms with Crippen molar-refractivity contribution in [3.05, 3.63) is 58.4 Å². The molecule has 0 bridgehead atoms. The van der Waals surface area contributed by atoms with E-state index in [0.717, 1.165) is 11.4 Å². The van der Waals surface area contributed by atoms with Crippen LogP contribution in [0.3, 0.4) is 0 Å². The maximum absolute atomic E-state index is 12.8. The number of hydrogen-bond donors (Lipinski definition) is 1. The van der Waals surface area contributed by atoms with Crippen LogP contribution in [0.5, 0.6) is 0 Å². The van der Waals surface area contributed by atoms with E-state index in [1.165, 1.54) is 4.90 Å². The van der Waals surface area contributed by atoms with Gasteiger partial charge in [0, 0.05) is 23.5 Å². The Labute approximate surface area is 149 Å². The second kappa shape index (κ2) is 6.22. The van der Waals surface area contributed by atoms with Gasteiger partial charge in [0.2, 0.25) is 0 Å². The Kier molecular flexibility index (Phi) is 4.26. The molecule has 1 fully saturated rings. The highest BCUT2D eigenvalue weighted by Crippen LogP contribution is 2.23. The van der Waals surface area contributed by atoms with Crippen LogP contribution in [0.15, 0.2) is 42.0 Å². The van der Waals surface area contributed by atoms with E-state index < -0.39 is 11.8 Å². The van der Waals surface area contributed by atoms with Crippen LogP contribution in [0.2, 0.25) is 5.02 Å². The first-order valence-corrected chi connectivity index (χ1v) is 7.96. The van der Waals surface area contributed by atoms with Crippen molar-refractivity contribution >= 4 is 52.5 Å². The number of benzene rings is 1. The van der Waals surface area contributed by atoms with Crippen LogP contribution in [-0.4, -0.2) is 21.5 Å². The van der Waals surface area contributed by atoms with Crippen molar-refractivity contribution in [1.29, 1.82) is 0 Å². The zero-order valence-corrected chi connectivity index (χ0v) is 14.6. The molecule has 1 aromatic carbocycles. The summed E-state index contributed by atoms with van der Waals surface area (Å²) in [6, 6.07) is 10.4. The number of aryl methyl sites for hydroxylation is 1. The SMILES string of the molecule is Cc1ccc(/C=C2\C(=O)NC(=S)N(c3ccc(Cl)cc3)C2=O)n1C. The smallest absolute Gasteiger partial charge is 0.270 e. The monoisotopic (exact) mass is 359 g/mol. The molecule has 1 aliphatic heterocycles. The van der Waals surface area contributed by atoms with Gasteiger partial charge in [0.1, 0.15) is 5.57 Å². The Balaban J connectivity index is 2.03. The van der Waals surface area contributed by atoms with Gasteiger partial charge in [0.15, 0.2) is 5.11 Å². The molecule has 7 heteroatoms. The van der Waals surface area contributed by atoms with Gasteiger partial charge in [-0.25, -0.2) is 0 Å². The molecule has 5 nitrogen and oxygen atoms in total. The van der Waals surface area contributed by atoms with Gasteiger partial charge in [-0.1, -0.05) is 11.6 Å². The minimum atomic E-state index is -0.505. The number of halogens is 1. The van der Waals surface area contributed by atoms with Gasteiger partial charge in [0.05, 0.1) is 5.69 Å². The predicted molar refractivity (Wildman–Crippen MR) is 97.8 cm³/mol. The zero-order valence-electron chi connectivity index (χ0n) is 13.0. The van der Waals surface area contributed by atoms with Gasteiger partial charge in [0.25, 0.3) is 11.8 Å². The average molecular weight is 360 g/mol. The molecule has 3 rings (SSSR count). The van der Waals surface area contributed by atoms with Crippen molar-refractivity contribution in [2.75, 3.05) is 4.90 Å². The number of amides is 2. The Bertz CT molecular complexity index is 884. The highest BCUT2D eigenvalue weighted by atomic mass is 35.5. The second-order valence-corrected chi connectivity index (χ2v) is 6.22. The van der Waals surface area contributed by atoms with Crippen LogP contribution in [0, 0.1) is 6.92 Å². The predicted octanol–water partition coefficient (Wildman–Crippen LogP) is 2.82. The fourth-order valence-corrected chi connectivity index (χ4v) is 2.82. The molecule has 2 amide bonds. The van der Waals surface area contributed by atoms with Crippen molar-refractivity contribution in [2.24, 2.45) is 7.05 Å². The van der Waals surface area contributed by atoms with Gasteiger partial charge in [-0.15, -0.1) is 0 Å². The molecule has 2 aromatic rings. The number of anilines is 1. The maximum atomic E-state index is 12.8. The van der Waals surface area contributed by atoms with E-state index in [2.05, 4.69) is 5.32 Å². The number of nitrogens with one attached hydrogen (secondary N) is 1. The Morgan fingerprint density at radius 2 is 1.79 bits per heavy atom. The van der Waals surface area contributed by atoms with Crippen molar-refractivity contribution in [3.63, 3.8) is 0 Å². The summed E-state index contributed by atoms with van der Waals surface area (Å²) >= 11 is 11.0. The number of aromatic nitrogens is 1. The van der Waals surface area contributed by atoms with Crippen LogP contribution in [0.25, 0.3) is 6.08 Å². The summed E-state index contributed by atoms with van der Waals surface area (Å²) in [4.78, 5) is 26.3. The number of nitrogens with zero attached hydrogens (tertiary/aromatic N) is 2. The number of carbonyl (C=O) groups excluding carboxylic acids is 2. The van der Waals surface area contributed by atoms with Crippen molar-refractivity contribution in [2.45, 2.75) is 6.92 Å². The lowest BCUT2D eigenvalue weighted by Gasteiger charge is -2.28. The first-order chi connectivity index (χ1) is 11.4. The molecule has 0 atom stereocenters. The second-order valence-electron chi connectivity index (χ2n) is 5.39. The lowest BCUT2D eigenvalue weighted by molar-refractivity contribution is -0.122. The number of thiocarbonyl (C=S) groups is 1. The van der Waals surface area contributed by atoms with Crippen LogP contribution in [-0.2, 0) is 16.6 Å². The molecular weight excluding hydrogens is 346 g/mol. The molecule has 24 heavy (non-hydrogen) atoms. The Morgan fingerprint density at radius 3 is 2.38 bits per heavy atom. The van der Waals surface area contributed by atoms with E-state index in [-0.39, 0.29) is 10.7 Å². The summed E-state index contributed by atoms with van der Waals surface area (Å²) in [7, 11) is 1.87. The third kappa shape index (κ3) is 2.86. The fourth-order valence-electron chi connectivity index (χ4n) is 2.41. The normalized spacial score (nSPS) is 16.7. The summed E-state index contributed by atoms with van der Waals surface area (Å²) in [5.74, 6) is -0.973. The minimum absolute atomic E-state index is 0.0275. The molecule has 2 heterocycles. The average Bonchev–Trinajstić information content (AvgIpc) is 2.85. The molecule has 1 aliphatic rings. The number of rotatable bonds is 2. The first-order valence-electron chi connectivity index (χ1n) is 7.18. The third-order valence-electron chi connectivity index (χ3n) is 3.89. The zero-order chi connectivity index (χ0) is 17.4. The molecule has 0 saturated carbocycles. The molecule has 1 saturated heterocycles. The lowest BCUT2D eigenvalue weighted by Crippen LogP contribution is -2.54. The molecule has 1 N–H and O–H groups in total. The molecule has 122 valence electrons. The van der Waals surface area contributed by atoms with Gasteiger partial charge in [-0.3, -0.25) is 19.8 Å². The van der Waals surface area contributed by atoms with Crippen LogP contribution in [0.4, 0.5) is 5.69 Å². The molecule has 0 spiro atoms. The fraction of sp³-hybridized carbons (Fsp3) is 0.118. The molecule has 0 unspecified atom stereocenters. The minimum Gasteiger partial charge on any atom is -0.348 e. The van der Waals surface area contributed by atoms with Crippen LogP contribution in [0.1, 0.15) is 11.4 Å². The van der Waals surface area contributed by atoms with E-state index in [4.69, 9.17) is 23.8 Å². The highest BCUT2D eigenvalue weighted by molar-refractivity contribution is 7.80. The molecule has 1 aromatic heterocycles. The summed E-state index contributed by atoms with van der Waals surface area (Å²) in [6.07, 6.45) is 1.56. The Hall–Kier alpha value is -2.44. The van der Waals surface area contributed by atoms with Crippen molar-refractivity contribution in [3.8, 4) is 0 Å². The third-order valence-corrected chi connectivity index (χ3v) is 4.43. The lowest BCUT2D eigenvalue weighted by atomic mass is 10.1. The van der Waals surface area contributed by atoms with E-state index in [1.54, 1.807) is 30.3 Å². The number of hydrogen-bond acceptors (Lipinski definition) is 3. The molecular formula is C17H14ClN3O2S. The largest absolute Gasteiger partial charge is 0.348 e. The quantitative estimate of drug-likeness (QED) is 0.509. The summed E-state index contributed by atoms with van der Waals surface area (Å²) in [5.41, 5.74) is 2.36. The summed E-state index contributed by atoms with van der Waals surface area (Å²) in [5, 5.41) is 3.15. The van der Waals surface area contributed by atoms with E-state index in [0.29, 0.717) is 10.7 Å². The summed E-state index contributed by atoms with van der Waals surface area (Å²) in [6.45, 7) is 1.94. The van der Waals surface area contributed by atoms with Gasteiger partial charge in [-0.05, 0) is 61.6 Å². The molecule has 0 aliphatic carbocycles. The van der Waals surface area contributed by atoms with Crippen molar-refractivity contribution in [1.82, 2.24) is 9.88 Å². The Morgan fingerprint density at radius 1 is 1.12 bits per heavy atom. The highest BCUT2D eigenvalue weighted by Gasteiger charge is 2.34. The maximum Gasteiger partial charge on any atom is 0.270 e. The van der Waals surface area contributed by atoms with Gasteiger partial charge < -0.3 is 4.57 Å². The van der Waals surface area contributed by atoms with Crippen LogP contribution >= 0.6 is 23.8 Å². The van der Waals surface area contributed by atoms with E-state index in [1.807, 2.05) is 30.7 Å². The summed E-state index contributed by atoms with van der Waals surface area (Å²) < 4.78 is 1.90. The number of carbonyl (C=O) groups is 2. The van der Waals surface area contributed by atoms with Crippen molar-refractivity contribution < 1.29 is 9.59 Å². The van der Waals surface area contributed by atoms with Crippen LogP contribution < -0.4 is 10.2 Å². The molecule has 0 radical (unpaired) electrons. The van der Waals surface area contributed by atoms with Gasteiger partial charge >= 0.3 is 0 Å². The van der Waals surface area contributed by atoms with Gasteiger partial charge in [-0.2, -0.15) is 0 Å². The standard InChI is InChI=1S/C17H14ClN3O2S/c1-10-3-6-13(20(10)2)9-14-15(22)19-17(24)21(16(14)23)12-7-4-11(18)5-8-12/h3-9H,1-2H3,(H,19,22,24)/b14-9+. The topological polar surface area (TPSA) is 54.3 Å².